The lowest BCUT2D eigenvalue weighted by atomic mass is 10.0. The van der Waals surface area contributed by atoms with Gasteiger partial charge in [-0.2, -0.15) is 0 Å². The number of aromatic hydroxyl groups is 1. The summed E-state index contributed by atoms with van der Waals surface area (Å²) >= 11 is 3.40. The quantitative estimate of drug-likeness (QED) is 0.784. The number of aryl methyl sites for hydroxylation is 1. The standard InChI is InChI=1S/C11H13BrO/c1-7(2)4-9-6-10(12)5-8(3)11(9)13/h5-6,13H,1,4H2,2-3H3. The van der Waals surface area contributed by atoms with Crippen LogP contribution in [-0.4, -0.2) is 5.11 Å². The van der Waals surface area contributed by atoms with Crippen molar-refractivity contribution < 1.29 is 5.11 Å². The summed E-state index contributed by atoms with van der Waals surface area (Å²) in [7, 11) is 0. The molecule has 1 rings (SSSR count). The van der Waals surface area contributed by atoms with Gasteiger partial charge >= 0.3 is 0 Å². The van der Waals surface area contributed by atoms with Gasteiger partial charge in [-0.05, 0) is 43.5 Å². The average Bonchev–Trinajstić information content (AvgIpc) is 1.98. The topological polar surface area (TPSA) is 20.2 Å². The van der Waals surface area contributed by atoms with E-state index in [4.69, 9.17) is 0 Å². The predicted molar refractivity (Wildman–Crippen MR) is 59.1 cm³/mol. The predicted octanol–water partition coefficient (Wildman–Crippen LogP) is 3.58. The van der Waals surface area contributed by atoms with Crippen molar-refractivity contribution in [2.24, 2.45) is 0 Å². The number of allylic oxidation sites excluding steroid dienone is 1. The molecule has 0 fully saturated rings. The molecule has 1 N–H and O–H groups in total. The molecule has 0 aliphatic carbocycles. The molecule has 0 spiro atoms. The van der Waals surface area contributed by atoms with E-state index in [2.05, 4.69) is 22.5 Å². The lowest BCUT2D eigenvalue weighted by Crippen LogP contribution is -1.89. The number of benzene rings is 1. The van der Waals surface area contributed by atoms with Crippen molar-refractivity contribution in [1.82, 2.24) is 0 Å². The van der Waals surface area contributed by atoms with Gasteiger partial charge in [-0.3, -0.25) is 0 Å². The maximum Gasteiger partial charge on any atom is 0.122 e. The maximum atomic E-state index is 9.71. The van der Waals surface area contributed by atoms with Gasteiger partial charge in [-0.25, -0.2) is 0 Å². The molecule has 0 aromatic heterocycles. The normalized spacial score (nSPS) is 10.1. The summed E-state index contributed by atoms with van der Waals surface area (Å²) in [5.41, 5.74) is 2.87. The van der Waals surface area contributed by atoms with Crippen LogP contribution in [0.2, 0.25) is 0 Å². The van der Waals surface area contributed by atoms with Crippen molar-refractivity contribution >= 4 is 15.9 Å². The number of halogens is 1. The van der Waals surface area contributed by atoms with Crippen molar-refractivity contribution in [2.75, 3.05) is 0 Å². The minimum absolute atomic E-state index is 0.381. The van der Waals surface area contributed by atoms with Crippen LogP contribution in [0.5, 0.6) is 5.75 Å². The van der Waals surface area contributed by atoms with Gasteiger partial charge < -0.3 is 5.11 Å². The van der Waals surface area contributed by atoms with Gasteiger partial charge in [0.2, 0.25) is 0 Å². The van der Waals surface area contributed by atoms with Crippen LogP contribution in [0.25, 0.3) is 0 Å². The number of phenols is 1. The molecule has 0 bridgehead atoms. The molecular weight excluding hydrogens is 228 g/mol. The highest BCUT2D eigenvalue weighted by molar-refractivity contribution is 9.10. The van der Waals surface area contributed by atoms with E-state index in [0.29, 0.717) is 5.75 Å². The summed E-state index contributed by atoms with van der Waals surface area (Å²) in [4.78, 5) is 0. The molecule has 0 radical (unpaired) electrons. The van der Waals surface area contributed by atoms with E-state index in [0.717, 1.165) is 27.6 Å². The molecule has 0 amide bonds. The van der Waals surface area contributed by atoms with Crippen LogP contribution < -0.4 is 0 Å². The zero-order valence-electron chi connectivity index (χ0n) is 7.89. The van der Waals surface area contributed by atoms with Crippen molar-refractivity contribution in [3.05, 3.63) is 39.9 Å². The third-order valence-electron chi connectivity index (χ3n) is 1.84. The molecule has 0 saturated carbocycles. The Bertz CT molecular complexity index is 342. The zero-order chi connectivity index (χ0) is 10.0. The first-order valence-corrected chi connectivity index (χ1v) is 4.92. The molecule has 0 atom stereocenters. The number of rotatable bonds is 2. The second kappa shape index (κ2) is 3.97. The van der Waals surface area contributed by atoms with Gasteiger partial charge in [-0.15, -0.1) is 0 Å². The SMILES string of the molecule is C=C(C)Cc1cc(Br)cc(C)c1O. The van der Waals surface area contributed by atoms with Crippen molar-refractivity contribution in [2.45, 2.75) is 20.3 Å². The zero-order valence-corrected chi connectivity index (χ0v) is 9.48. The van der Waals surface area contributed by atoms with Gasteiger partial charge in [0.25, 0.3) is 0 Å². The van der Waals surface area contributed by atoms with Crippen LogP contribution in [0.3, 0.4) is 0 Å². The summed E-state index contributed by atoms with van der Waals surface area (Å²) in [6.45, 7) is 7.67. The first-order valence-electron chi connectivity index (χ1n) is 4.13. The Balaban J connectivity index is 3.12. The first kappa shape index (κ1) is 10.3. The molecular formula is C11H13BrO. The van der Waals surface area contributed by atoms with Crippen LogP contribution in [-0.2, 0) is 6.42 Å². The van der Waals surface area contributed by atoms with Crippen LogP contribution in [0.1, 0.15) is 18.1 Å². The van der Waals surface area contributed by atoms with Crippen LogP contribution in [0, 0.1) is 6.92 Å². The van der Waals surface area contributed by atoms with E-state index in [1.807, 2.05) is 26.0 Å². The fraction of sp³-hybridized carbons (Fsp3) is 0.273. The van der Waals surface area contributed by atoms with Crippen LogP contribution in [0.4, 0.5) is 0 Å². The first-order chi connectivity index (χ1) is 6.00. The molecule has 1 nitrogen and oxygen atoms in total. The van der Waals surface area contributed by atoms with Crippen molar-refractivity contribution in [3.8, 4) is 5.75 Å². The van der Waals surface area contributed by atoms with Crippen molar-refractivity contribution in [3.63, 3.8) is 0 Å². The monoisotopic (exact) mass is 240 g/mol. The number of hydrogen-bond acceptors (Lipinski definition) is 1. The van der Waals surface area contributed by atoms with E-state index in [1.165, 1.54) is 0 Å². The molecule has 0 aliphatic heterocycles. The van der Waals surface area contributed by atoms with Gasteiger partial charge in [0.05, 0.1) is 0 Å². The number of phenolic OH excluding ortho intramolecular Hbond substituents is 1. The number of hydrogen-bond donors (Lipinski definition) is 1. The van der Waals surface area contributed by atoms with E-state index < -0.39 is 0 Å². The summed E-state index contributed by atoms with van der Waals surface area (Å²) in [6, 6.07) is 3.83. The lowest BCUT2D eigenvalue weighted by Gasteiger charge is -2.07. The van der Waals surface area contributed by atoms with Gasteiger partial charge in [0.15, 0.2) is 0 Å². The molecule has 0 aliphatic rings. The Kier molecular flexibility index (Phi) is 3.15. The van der Waals surface area contributed by atoms with Gasteiger partial charge in [0.1, 0.15) is 5.75 Å². The third-order valence-corrected chi connectivity index (χ3v) is 2.29. The fourth-order valence-corrected chi connectivity index (χ4v) is 1.88. The highest BCUT2D eigenvalue weighted by atomic mass is 79.9. The van der Waals surface area contributed by atoms with E-state index in [9.17, 15) is 5.11 Å². The van der Waals surface area contributed by atoms with Gasteiger partial charge in [0, 0.05) is 4.47 Å². The summed E-state index contributed by atoms with van der Waals surface area (Å²) in [5.74, 6) is 0.381. The van der Waals surface area contributed by atoms with Gasteiger partial charge in [-0.1, -0.05) is 28.1 Å². The second-order valence-corrected chi connectivity index (χ2v) is 4.28. The summed E-state index contributed by atoms with van der Waals surface area (Å²) in [6.07, 6.45) is 0.728. The summed E-state index contributed by atoms with van der Waals surface area (Å²) in [5, 5.41) is 9.71. The highest BCUT2D eigenvalue weighted by Crippen LogP contribution is 2.28. The van der Waals surface area contributed by atoms with Crippen LogP contribution >= 0.6 is 15.9 Å². The van der Waals surface area contributed by atoms with E-state index >= 15 is 0 Å². The fourth-order valence-electron chi connectivity index (χ4n) is 1.26. The van der Waals surface area contributed by atoms with Crippen molar-refractivity contribution in [1.29, 1.82) is 0 Å². The molecule has 70 valence electrons. The Morgan fingerprint density at radius 1 is 1.54 bits per heavy atom. The van der Waals surface area contributed by atoms with Crippen LogP contribution in [0.15, 0.2) is 28.8 Å². The Hall–Kier alpha value is -0.760. The molecule has 2 heteroatoms. The van der Waals surface area contributed by atoms with E-state index in [-0.39, 0.29) is 0 Å². The smallest absolute Gasteiger partial charge is 0.122 e. The lowest BCUT2D eigenvalue weighted by molar-refractivity contribution is 0.465. The molecule has 1 aromatic carbocycles. The minimum Gasteiger partial charge on any atom is -0.507 e. The van der Waals surface area contributed by atoms with E-state index in [1.54, 1.807) is 0 Å². The second-order valence-electron chi connectivity index (χ2n) is 3.36. The maximum absolute atomic E-state index is 9.71. The minimum atomic E-state index is 0.381. The molecule has 0 heterocycles. The third kappa shape index (κ3) is 2.59. The largest absolute Gasteiger partial charge is 0.507 e. The Morgan fingerprint density at radius 2 is 2.15 bits per heavy atom. The highest BCUT2D eigenvalue weighted by Gasteiger charge is 2.05. The summed E-state index contributed by atoms with van der Waals surface area (Å²) < 4.78 is 0.999. The molecule has 1 aromatic rings. The Labute approximate surface area is 87.2 Å². The Morgan fingerprint density at radius 3 is 2.69 bits per heavy atom. The molecule has 13 heavy (non-hydrogen) atoms. The average molecular weight is 241 g/mol. The molecule has 0 unspecified atom stereocenters. The molecule has 0 saturated heterocycles.